The van der Waals surface area contributed by atoms with Gasteiger partial charge >= 0.3 is 0 Å². The Morgan fingerprint density at radius 1 is 1.05 bits per heavy atom. The van der Waals surface area contributed by atoms with E-state index in [-0.39, 0.29) is 25.4 Å². The third-order valence-electron chi connectivity index (χ3n) is 7.25. The van der Waals surface area contributed by atoms with E-state index in [9.17, 15) is 23.5 Å². The quantitative estimate of drug-likeness (QED) is 0.334. The summed E-state index contributed by atoms with van der Waals surface area (Å²) in [7, 11) is 0. The van der Waals surface area contributed by atoms with Gasteiger partial charge in [0.1, 0.15) is 0 Å². The number of aliphatic hydroxyl groups is 1. The van der Waals surface area contributed by atoms with E-state index in [2.05, 4.69) is 5.32 Å². The van der Waals surface area contributed by atoms with Crippen molar-refractivity contribution in [3.8, 4) is 0 Å². The molecule has 0 saturated heterocycles. The topological polar surface area (TPSA) is 95.7 Å². The molecule has 210 valence electrons. The van der Waals surface area contributed by atoms with Crippen molar-refractivity contribution in [1.82, 2.24) is 10.2 Å². The Labute approximate surface area is 229 Å². The van der Waals surface area contributed by atoms with Crippen LogP contribution in [-0.4, -0.2) is 47.6 Å². The van der Waals surface area contributed by atoms with Crippen LogP contribution in [0.2, 0.25) is 0 Å². The summed E-state index contributed by atoms with van der Waals surface area (Å²) in [6.07, 6.45) is 6.12. The summed E-state index contributed by atoms with van der Waals surface area (Å²) in [5, 5.41) is 14.8. The van der Waals surface area contributed by atoms with Crippen LogP contribution in [-0.2, 0) is 22.6 Å². The summed E-state index contributed by atoms with van der Waals surface area (Å²) >= 11 is 0. The van der Waals surface area contributed by atoms with Gasteiger partial charge in [0.15, 0.2) is 11.6 Å². The monoisotopic (exact) mass is 539 g/mol. The Hall–Kier alpha value is -3.36. The van der Waals surface area contributed by atoms with Crippen molar-refractivity contribution in [3.05, 3.63) is 95.1 Å². The number of nitrogens with two attached hydrogens (primary N) is 1. The van der Waals surface area contributed by atoms with Crippen molar-refractivity contribution in [2.24, 2.45) is 17.1 Å². The van der Waals surface area contributed by atoms with Crippen molar-refractivity contribution in [2.75, 3.05) is 19.6 Å². The maximum absolute atomic E-state index is 14.4. The number of rotatable bonds is 14. The number of nitrogens with zero attached hydrogens (tertiary/aromatic N) is 1. The molecule has 0 heterocycles. The Morgan fingerprint density at radius 2 is 1.74 bits per heavy atom. The van der Waals surface area contributed by atoms with Gasteiger partial charge in [-0.1, -0.05) is 68.5 Å². The van der Waals surface area contributed by atoms with Crippen LogP contribution in [0.25, 0.3) is 0 Å². The molecule has 0 bridgehead atoms. The second-order valence-electron chi connectivity index (χ2n) is 10.2. The van der Waals surface area contributed by atoms with Gasteiger partial charge in [-0.25, -0.2) is 8.78 Å². The Bertz CT molecular complexity index is 1180. The molecule has 2 aromatic rings. The number of carbonyl (C=O) groups excluding carboxylic acids is 2. The zero-order valence-electron chi connectivity index (χ0n) is 22.7. The second-order valence-corrected chi connectivity index (χ2v) is 10.2. The number of primary amides is 1. The summed E-state index contributed by atoms with van der Waals surface area (Å²) in [4.78, 5) is 28.4. The first-order valence-electron chi connectivity index (χ1n) is 13.6. The van der Waals surface area contributed by atoms with E-state index in [1.54, 1.807) is 12.2 Å². The lowest BCUT2D eigenvalue weighted by Gasteiger charge is -2.44. The first-order valence-corrected chi connectivity index (χ1v) is 13.6. The average molecular weight is 540 g/mol. The third-order valence-corrected chi connectivity index (χ3v) is 7.25. The lowest BCUT2D eigenvalue weighted by molar-refractivity contribution is -0.145. The lowest BCUT2D eigenvalue weighted by Crippen LogP contribution is -2.54. The van der Waals surface area contributed by atoms with E-state index in [4.69, 9.17) is 5.73 Å². The fraction of sp³-hybridized carbons (Fsp3) is 0.419. The van der Waals surface area contributed by atoms with Crippen molar-refractivity contribution < 1.29 is 23.5 Å². The molecule has 1 aliphatic rings. The molecule has 8 heteroatoms. The molecule has 2 amide bonds. The molecule has 2 aromatic carbocycles. The Kier molecular flexibility index (Phi) is 10.9. The maximum Gasteiger partial charge on any atom is 0.244 e. The van der Waals surface area contributed by atoms with Crippen molar-refractivity contribution >= 4 is 11.8 Å². The molecule has 0 fully saturated rings. The first kappa shape index (κ1) is 30.2. The van der Waals surface area contributed by atoms with Crippen LogP contribution in [0.4, 0.5) is 8.78 Å². The number of benzene rings is 2. The summed E-state index contributed by atoms with van der Waals surface area (Å²) < 4.78 is 27.0. The molecule has 39 heavy (non-hydrogen) atoms. The summed E-state index contributed by atoms with van der Waals surface area (Å²) in [5.74, 6) is -3.21. The van der Waals surface area contributed by atoms with Crippen LogP contribution >= 0.6 is 0 Å². The molecule has 6 nitrogen and oxygen atoms in total. The van der Waals surface area contributed by atoms with E-state index in [1.165, 1.54) is 6.07 Å². The predicted octanol–water partition coefficient (Wildman–Crippen LogP) is 4.28. The minimum absolute atomic E-state index is 0.0827. The molecule has 4 N–H and O–H groups in total. The standard InChI is InChI=1S/C31H39F2N3O3/c1-3-15-36(16-4-2)30(39)31(14-8-11-24(19-31)29(34)38)25(17-22-9-6-5-7-10-22)28(37)21-35-20-23-12-13-26(32)27(33)18-23/h5-14,18,25,28,35,37H,3-4,15-17,19-21H2,1-2H3,(H2,34,38)/t25-,28+,31?/m1/s1. The highest BCUT2D eigenvalue weighted by Gasteiger charge is 2.49. The van der Waals surface area contributed by atoms with Gasteiger partial charge in [-0.3, -0.25) is 9.59 Å². The van der Waals surface area contributed by atoms with Crippen LogP contribution in [0.1, 0.15) is 44.2 Å². The lowest BCUT2D eigenvalue weighted by atomic mass is 9.64. The van der Waals surface area contributed by atoms with Crippen LogP contribution in [0.5, 0.6) is 0 Å². The highest BCUT2D eigenvalue weighted by Crippen LogP contribution is 2.44. The van der Waals surface area contributed by atoms with Crippen LogP contribution in [0, 0.1) is 23.0 Å². The maximum atomic E-state index is 14.4. The zero-order valence-corrected chi connectivity index (χ0v) is 22.7. The highest BCUT2D eigenvalue weighted by molar-refractivity contribution is 5.95. The number of aliphatic hydroxyl groups excluding tert-OH is 1. The number of nitrogens with one attached hydrogen (secondary N) is 1. The third kappa shape index (κ3) is 7.61. The molecule has 0 spiro atoms. The fourth-order valence-corrected chi connectivity index (χ4v) is 5.33. The Morgan fingerprint density at radius 3 is 2.36 bits per heavy atom. The van der Waals surface area contributed by atoms with Crippen molar-refractivity contribution in [1.29, 1.82) is 0 Å². The minimum Gasteiger partial charge on any atom is -0.391 e. The number of allylic oxidation sites excluding steroid dienone is 2. The summed E-state index contributed by atoms with van der Waals surface area (Å²) in [6, 6.07) is 13.3. The van der Waals surface area contributed by atoms with Gasteiger partial charge in [0.05, 0.1) is 11.5 Å². The van der Waals surface area contributed by atoms with Gasteiger partial charge in [-0.15, -0.1) is 0 Å². The molecule has 0 radical (unpaired) electrons. The predicted molar refractivity (Wildman–Crippen MR) is 148 cm³/mol. The fourth-order valence-electron chi connectivity index (χ4n) is 5.33. The van der Waals surface area contributed by atoms with E-state index >= 15 is 0 Å². The molecule has 0 saturated carbocycles. The molecule has 3 atom stereocenters. The molecule has 0 aliphatic heterocycles. The Balaban J connectivity index is 1.98. The van der Waals surface area contributed by atoms with Gasteiger partial charge in [0, 0.05) is 37.7 Å². The van der Waals surface area contributed by atoms with E-state index < -0.39 is 35.0 Å². The number of hydrogen-bond acceptors (Lipinski definition) is 4. The molecule has 1 aliphatic carbocycles. The van der Waals surface area contributed by atoms with Crippen molar-refractivity contribution in [2.45, 2.75) is 52.2 Å². The van der Waals surface area contributed by atoms with Gasteiger partial charge in [-0.05, 0) is 48.9 Å². The number of halogens is 2. The van der Waals surface area contributed by atoms with Crippen LogP contribution in [0.3, 0.4) is 0 Å². The zero-order chi connectivity index (χ0) is 28.4. The van der Waals surface area contributed by atoms with Gasteiger partial charge in [0.2, 0.25) is 11.8 Å². The number of amides is 2. The highest BCUT2D eigenvalue weighted by atomic mass is 19.2. The SMILES string of the molecule is CCCN(CCC)C(=O)C1([C@H](Cc2ccccc2)[C@@H](O)CNCc2ccc(F)c(F)c2)C=CC=C(C(N)=O)C1. The van der Waals surface area contributed by atoms with Gasteiger partial charge in [-0.2, -0.15) is 0 Å². The largest absolute Gasteiger partial charge is 0.391 e. The summed E-state index contributed by atoms with van der Waals surface area (Å²) in [5.41, 5.74) is 6.27. The molecular formula is C31H39F2N3O3. The van der Waals surface area contributed by atoms with Crippen LogP contribution in [0.15, 0.2) is 72.3 Å². The molecule has 3 rings (SSSR count). The minimum atomic E-state index is -1.21. The summed E-state index contributed by atoms with van der Waals surface area (Å²) in [6.45, 7) is 5.42. The second kappa shape index (κ2) is 14.1. The smallest absolute Gasteiger partial charge is 0.244 e. The normalized spacial score (nSPS) is 18.3. The molecule has 0 aromatic heterocycles. The van der Waals surface area contributed by atoms with Crippen LogP contribution < -0.4 is 11.1 Å². The molecule has 1 unspecified atom stereocenters. The van der Waals surface area contributed by atoms with Gasteiger partial charge in [0.25, 0.3) is 0 Å². The van der Waals surface area contributed by atoms with Gasteiger partial charge < -0.3 is 21.1 Å². The first-order chi connectivity index (χ1) is 18.7. The van der Waals surface area contributed by atoms with E-state index in [1.807, 2.05) is 55.2 Å². The van der Waals surface area contributed by atoms with E-state index in [0.717, 1.165) is 30.5 Å². The number of carbonyl (C=O) groups is 2. The van der Waals surface area contributed by atoms with Crippen molar-refractivity contribution in [3.63, 3.8) is 0 Å². The number of hydrogen-bond donors (Lipinski definition) is 3. The average Bonchev–Trinajstić information content (AvgIpc) is 2.93. The molecular weight excluding hydrogens is 500 g/mol. The van der Waals surface area contributed by atoms with E-state index in [0.29, 0.717) is 30.6 Å².